The van der Waals surface area contributed by atoms with Gasteiger partial charge >= 0.3 is 0 Å². The van der Waals surface area contributed by atoms with E-state index in [-0.39, 0.29) is 11.7 Å². The predicted molar refractivity (Wildman–Crippen MR) is 95.4 cm³/mol. The summed E-state index contributed by atoms with van der Waals surface area (Å²) in [6, 6.07) is 16.4. The molecule has 5 heteroatoms. The van der Waals surface area contributed by atoms with Gasteiger partial charge in [0.15, 0.2) is 5.76 Å². The molecular formula is C18H15BrN2O2. The summed E-state index contributed by atoms with van der Waals surface area (Å²) in [5, 5.41) is 2.76. The van der Waals surface area contributed by atoms with Crippen LogP contribution in [0.4, 0.5) is 11.4 Å². The standard InChI is InChI=1S/C18H15BrN2O2/c1-11-9-12(5-6-15(11)19)16-7-8-17(23-16)18(22)21-14-4-2-3-13(20)10-14/h2-10H,20H2,1H3,(H,21,22). The highest BCUT2D eigenvalue weighted by molar-refractivity contribution is 9.10. The molecule has 0 unspecified atom stereocenters. The van der Waals surface area contributed by atoms with Crippen LogP contribution in [0.5, 0.6) is 0 Å². The van der Waals surface area contributed by atoms with E-state index in [4.69, 9.17) is 10.2 Å². The lowest BCUT2D eigenvalue weighted by Gasteiger charge is -2.04. The highest BCUT2D eigenvalue weighted by Crippen LogP contribution is 2.27. The third-order valence-corrected chi connectivity index (χ3v) is 4.31. The Hall–Kier alpha value is -2.53. The maximum atomic E-state index is 12.2. The number of anilines is 2. The SMILES string of the molecule is Cc1cc(-c2ccc(C(=O)Nc3cccc(N)c3)o2)ccc1Br. The van der Waals surface area contributed by atoms with E-state index >= 15 is 0 Å². The third-order valence-electron chi connectivity index (χ3n) is 3.42. The number of nitrogens with one attached hydrogen (secondary N) is 1. The number of nitrogen functional groups attached to an aromatic ring is 1. The van der Waals surface area contributed by atoms with Gasteiger partial charge in [0.2, 0.25) is 0 Å². The van der Waals surface area contributed by atoms with Crippen molar-refractivity contribution in [3.8, 4) is 11.3 Å². The van der Waals surface area contributed by atoms with Gasteiger partial charge in [0, 0.05) is 21.4 Å². The first-order valence-corrected chi connectivity index (χ1v) is 7.85. The van der Waals surface area contributed by atoms with Gasteiger partial charge in [0.1, 0.15) is 5.76 Å². The van der Waals surface area contributed by atoms with Crippen LogP contribution in [-0.4, -0.2) is 5.91 Å². The molecule has 116 valence electrons. The van der Waals surface area contributed by atoms with Crippen molar-refractivity contribution in [3.63, 3.8) is 0 Å². The molecule has 0 aliphatic rings. The summed E-state index contributed by atoms with van der Waals surface area (Å²) in [6.45, 7) is 2.00. The van der Waals surface area contributed by atoms with Crippen molar-refractivity contribution in [2.75, 3.05) is 11.1 Å². The summed E-state index contributed by atoms with van der Waals surface area (Å²) in [6.07, 6.45) is 0. The van der Waals surface area contributed by atoms with E-state index in [9.17, 15) is 4.79 Å². The number of benzene rings is 2. The average Bonchev–Trinajstić information content (AvgIpc) is 3.00. The number of halogens is 1. The van der Waals surface area contributed by atoms with Crippen LogP contribution < -0.4 is 11.1 Å². The highest BCUT2D eigenvalue weighted by Gasteiger charge is 2.13. The van der Waals surface area contributed by atoms with E-state index < -0.39 is 0 Å². The predicted octanol–water partition coefficient (Wildman–Crippen LogP) is 4.85. The minimum Gasteiger partial charge on any atom is -0.451 e. The van der Waals surface area contributed by atoms with Crippen LogP contribution in [0.15, 0.2) is 63.5 Å². The van der Waals surface area contributed by atoms with Crippen molar-refractivity contribution in [3.05, 3.63) is 70.4 Å². The van der Waals surface area contributed by atoms with Gasteiger partial charge in [-0.2, -0.15) is 0 Å². The molecule has 3 rings (SSSR count). The van der Waals surface area contributed by atoms with Crippen LogP contribution in [-0.2, 0) is 0 Å². The number of rotatable bonds is 3. The molecular weight excluding hydrogens is 356 g/mol. The van der Waals surface area contributed by atoms with Crippen molar-refractivity contribution >= 4 is 33.2 Å². The number of aryl methyl sites for hydroxylation is 1. The van der Waals surface area contributed by atoms with E-state index in [0.717, 1.165) is 15.6 Å². The van der Waals surface area contributed by atoms with Crippen LogP contribution >= 0.6 is 15.9 Å². The number of nitrogens with two attached hydrogens (primary N) is 1. The molecule has 0 bridgehead atoms. The molecule has 1 heterocycles. The van der Waals surface area contributed by atoms with Crippen LogP contribution in [0.3, 0.4) is 0 Å². The summed E-state index contributed by atoms with van der Waals surface area (Å²) in [4.78, 5) is 12.2. The lowest BCUT2D eigenvalue weighted by atomic mass is 10.1. The fourth-order valence-corrected chi connectivity index (χ4v) is 2.47. The normalized spacial score (nSPS) is 10.5. The number of furan rings is 1. The maximum absolute atomic E-state index is 12.2. The summed E-state index contributed by atoms with van der Waals surface area (Å²) in [5.74, 6) is 0.594. The molecule has 1 amide bonds. The van der Waals surface area contributed by atoms with Gasteiger partial charge in [-0.05, 0) is 55.0 Å². The lowest BCUT2D eigenvalue weighted by molar-refractivity contribution is 0.0997. The molecule has 1 aromatic heterocycles. The van der Waals surface area contributed by atoms with Gasteiger partial charge in [-0.15, -0.1) is 0 Å². The lowest BCUT2D eigenvalue weighted by Crippen LogP contribution is -2.10. The zero-order valence-electron chi connectivity index (χ0n) is 12.5. The minimum atomic E-state index is -0.310. The molecule has 0 atom stereocenters. The van der Waals surface area contributed by atoms with E-state index in [0.29, 0.717) is 17.1 Å². The van der Waals surface area contributed by atoms with E-state index in [1.807, 2.05) is 25.1 Å². The number of hydrogen-bond acceptors (Lipinski definition) is 3. The fraction of sp³-hybridized carbons (Fsp3) is 0.0556. The van der Waals surface area contributed by atoms with Crippen LogP contribution in [0.25, 0.3) is 11.3 Å². The maximum Gasteiger partial charge on any atom is 0.291 e. The molecule has 0 saturated carbocycles. The molecule has 0 aliphatic heterocycles. The van der Waals surface area contributed by atoms with Crippen molar-refractivity contribution in [1.82, 2.24) is 0 Å². The second-order valence-electron chi connectivity index (χ2n) is 5.21. The summed E-state index contributed by atoms with van der Waals surface area (Å²) in [5.41, 5.74) is 8.95. The summed E-state index contributed by atoms with van der Waals surface area (Å²) < 4.78 is 6.70. The van der Waals surface area contributed by atoms with Crippen LogP contribution in [0.2, 0.25) is 0 Å². The van der Waals surface area contributed by atoms with Gasteiger partial charge < -0.3 is 15.5 Å². The van der Waals surface area contributed by atoms with Crippen LogP contribution in [0.1, 0.15) is 16.1 Å². The summed E-state index contributed by atoms with van der Waals surface area (Å²) >= 11 is 3.47. The second-order valence-corrected chi connectivity index (χ2v) is 6.06. The van der Waals surface area contributed by atoms with Gasteiger partial charge in [0.25, 0.3) is 5.91 Å². The zero-order valence-corrected chi connectivity index (χ0v) is 14.1. The molecule has 0 saturated heterocycles. The first-order chi connectivity index (χ1) is 11.0. The molecule has 0 aliphatic carbocycles. The quantitative estimate of drug-likeness (QED) is 0.647. The molecule has 23 heavy (non-hydrogen) atoms. The first-order valence-electron chi connectivity index (χ1n) is 7.06. The van der Waals surface area contributed by atoms with E-state index in [1.165, 1.54) is 0 Å². The molecule has 3 N–H and O–H groups in total. The Balaban J connectivity index is 1.81. The van der Waals surface area contributed by atoms with Gasteiger partial charge in [0.05, 0.1) is 0 Å². The van der Waals surface area contributed by atoms with Crippen molar-refractivity contribution < 1.29 is 9.21 Å². The third kappa shape index (κ3) is 3.46. The van der Waals surface area contributed by atoms with Gasteiger partial charge in [-0.1, -0.05) is 28.1 Å². The van der Waals surface area contributed by atoms with Crippen molar-refractivity contribution in [2.45, 2.75) is 6.92 Å². The average molecular weight is 371 g/mol. The minimum absolute atomic E-state index is 0.253. The Labute approximate surface area is 142 Å². The molecule has 0 spiro atoms. The van der Waals surface area contributed by atoms with E-state index in [1.54, 1.807) is 36.4 Å². The topological polar surface area (TPSA) is 68.3 Å². The largest absolute Gasteiger partial charge is 0.451 e. The Kier molecular flexibility index (Phi) is 4.21. The van der Waals surface area contributed by atoms with Crippen molar-refractivity contribution in [2.24, 2.45) is 0 Å². The first kappa shape index (κ1) is 15.4. The number of hydrogen-bond donors (Lipinski definition) is 2. The number of amides is 1. The molecule has 0 fully saturated rings. The van der Waals surface area contributed by atoms with Gasteiger partial charge in [-0.3, -0.25) is 4.79 Å². The molecule has 3 aromatic rings. The fourth-order valence-electron chi connectivity index (χ4n) is 2.22. The molecule has 2 aromatic carbocycles. The highest BCUT2D eigenvalue weighted by atomic mass is 79.9. The molecule has 0 radical (unpaired) electrons. The second kappa shape index (κ2) is 6.30. The zero-order chi connectivity index (χ0) is 16.4. The van der Waals surface area contributed by atoms with Gasteiger partial charge in [-0.25, -0.2) is 0 Å². The number of carbonyl (C=O) groups excluding carboxylic acids is 1. The Morgan fingerprint density at radius 1 is 1.13 bits per heavy atom. The Morgan fingerprint density at radius 3 is 2.70 bits per heavy atom. The monoisotopic (exact) mass is 370 g/mol. The van der Waals surface area contributed by atoms with Crippen molar-refractivity contribution in [1.29, 1.82) is 0 Å². The Morgan fingerprint density at radius 2 is 1.96 bits per heavy atom. The summed E-state index contributed by atoms with van der Waals surface area (Å²) in [7, 11) is 0. The van der Waals surface area contributed by atoms with Crippen LogP contribution in [0, 0.1) is 6.92 Å². The Bertz CT molecular complexity index is 871. The number of carbonyl (C=O) groups is 1. The molecule has 4 nitrogen and oxygen atoms in total. The smallest absolute Gasteiger partial charge is 0.291 e. The van der Waals surface area contributed by atoms with E-state index in [2.05, 4.69) is 21.2 Å².